The third kappa shape index (κ3) is 3.90. The van der Waals surface area contributed by atoms with Crippen molar-refractivity contribution in [2.24, 2.45) is 0 Å². The maximum Gasteiger partial charge on any atom is 0.304 e. The number of aryl methyl sites for hydroxylation is 1. The SMILES string of the molecule is CC(=O)OCN1CCCc2cccc(OCc3ccc4ccccc4c3)c21. The Kier molecular flexibility index (Phi) is 4.97. The van der Waals surface area contributed by atoms with Gasteiger partial charge in [0.05, 0.1) is 5.69 Å². The Morgan fingerprint density at radius 2 is 1.89 bits per heavy atom. The molecule has 0 atom stereocenters. The molecule has 0 N–H and O–H groups in total. The van der Waals surface area contributed by atoms with Gasteiger partial charge in [-0.15, -0.1) is 0 Å². The zero-order valence-electron chi connectivity index (χ0n) is 15.5. The molecule has 0 spiro atoms. The molecule has 0 saturated heterocycles. The quantitative estimate of drug-likeness (QED) is 0.618. The summed E-state index contributed by atoms with van der Waals surface area (Å²) in [4.78, 5) is 13.3. The van der Waals surface area contributed by atoms with Gasteiger partial charge in [0.15, 0.2) is 6.73 Å². The Hall–Kier alpha value is -3.01. The van der Waals surface area contributed by atoms with Crippen LogP contribution in [0.3, 0.4) is 0 Å². The van der Waals surface area contributed by atoms with Crippen molar-refractivity contribution in [2.75, 3.05) is 18.2 Å². The van der Waals surface area contributed by atoms with Crippen LogP contribution in [0.25, 0.3) is 10.8 Å². The van der Waals surface area contributed by atoms with Gasteiger partial charge < -0.3 is 14.4 Å². The average molecular weight is 361 g/mol. The third-order valence-corrected chi connectivity index (χ3v) is 4.90. The minimum absolute atomic E-state index is 0.263. The Labute approximate surface area is 159 Å². The molecule has 1 aliphatic rings. The van der Waals surface area contributed by atoms with Crippen molar-refractivity contribution in [3.8, 4) is 5.75 Å². The number of carbonyl (C=O) groups is 1. The van der Waals surface area contributed by atoms with E-state index in [0.29, 0.717) is 6.61 Å². The summed E-state index contributed by atoms with van der Waals surface area (Å²) in [6.45, 7) is 3.06. The highest BCUT2D eigenvalue weighted by atomic mass is 16.5. The zero-order chi connectivity index (χ0) is 18.6. The highest BCUT2D eigenvalue weighted by Gasteiger charge is 2.21. The largest absolute Gasteiger partial charge is 0.487 e. The summed E-state index contributed by atoms with van der Waals surface area (Å²) in [5.41, 5.74) is 3.42. The number of carbonyl (C=O) groups excluding carboxylic acids is 1. The zero-order valence-corrected chi connectivity index (χ0v) is 15.5. The number of hydrogen-bond acceptors (Lipinski definition) is 4. The standard InChI is InChI=1S/C23H23NO3/c1-17(25)27-16-24-13-5-9-20-8-4-10-22(23(20)24)26-15-18-11-12-19-6-2-3-7-21(19)14-18/h2-4,6-8,10-12,14H,5,9,13,15-16H2,1H3. The molecule has 4 heteroatoms. The lowest BCUT2D eigenvalue weighted by molar-refractivity contribution is -0.140. The van der Waals surface area contributed by atoms with Crippen molar-refractivity contribution in [3.05, 3.63) is 71.8 Å². The van der Waals surface area contributed by atoms with Crippen LogP contribution >= 0.6 is 0 Å². The van der Waals surface area contributed by atoms with Gasteiger partial charge in [-0.2, -0.15) is 0 Å². The van der Waals surface area contributed by atoms with Crippen LogP contribution in [0.2, 0.25) is 0 Å². The highest BCUT2D eigenvalue weighted by Crippen LogP contribution is 2.36. The Morgan fingerprint density at radius 1 is 1.04 bits per heavy atom. The van der Waals surface area contributed by atoms with E-state index in [1.54, 1.807) is 0 Å². The smallest absolute Gasteiger partial charge is 0.304 e. The lowest BCUT2D eigenvalue weighted by atomic mass is 10.0. The van der Waals surface area contributed by atoms with Crippen molar-refractivity contribution in [2.45, 2.75) is 26.4 Å². The number of hydrogen-bond donors (Lipinski definition) is 0. The summed E-state index contributed by atoms with van der Waals surface area (Å²) in [5.74, 6) is 0.573. The lowest BCUT2D eigenvalue weighted by Gasteiger charge is -2.32. The first-order valence-electron chi connectivity index (χ1n) is 9.31. The number of anilines is 1. The predicted octanol–water partition coefficient (Wildman–Crippen LogP) is 4.69. The molecule has 4 rings (SSSR count). The van der Waals surface area contributed by atoms with E-state index in [4.69, 9.17) is 9.47 Å². The number of fused-ring (bicyclic) bond motifs is 2. The molecule has 0 bridgehead atoms. The number of ether oxygens (including phenoxy) is 2. The Balaban J connectivity index is 1.55. The fourth-order valence-electron chi connectivity index (χ4n) is 3.60. The van der Waals surface area contributed by atoms with Gasteiger partial charge in [-0.1, -0.05) is 48.5 Å². The van der Waals surface area contributed by atoms with Gasteiger partial charge in [0.2, 0.25) is 0 Å². The molecule has 1 aliphatic heterocycles. The van der Waals surface area contributed by atoms with E-state index in [9.17, 15) is 4.79 Å². The molecule has 0 fully saturated rings. The molecule has 27 heavy (non-hydrogen) atoms. The monoisotopic (exact) mass is 361 g/mol. The van der Waals surface area contributed by atoms with E-state index in [2.05, 4.69) is 41.3 Å². The van der Waals surface area contributed by atoms with Gasteiger partial charge in [0.25, 0.3) is 0 Å². The second kappa shape index (κ2) is 7.70. The summed E-state index contributed by atoms with van der Waals surface area (Å²) in [5, 5.41) is 2.44. The number of esters is 1. The average Bonchev–Trinajstić information content (AvgIpc) is 2.70. The summed E-state index contributed by atoms with van der Waals surface area (Å²) >= 11 is 0. The molecule has 0 aromatic heterocycles. The van der Waals surface area contributed by atoms with Crippen LogP contribution < -0.4 is 9.64 Å². The van der Waals surface area contributed by atoms with E-state index >= 15 is 0 Å². The molecule has 1 heterocycles. The highest BCUT2D eigenvalue weighted by molar-refractivity contribution is 5.83. The van der Waals surface area contributed by atoms with Crippen LogP contribution in [0.5, 0.6) is 5.75 Å². The molecule has 138 valence electrons. The van der Waals surface area contributed by atoms with E-state index in [1.807, 2.05) is 24.3 Å². The van der Waals surface area contributed by atoms with Gasteiger partial charge in [-0.05, 0) is 46.9 Å². The van der Waals surface area contributed by atoms with Crippen LogP contribution in [-0.2, 0) is 22.6 Å². The van der Waals surface area contributed by atoms with Crippen LogP contribution in [0.15, 0.2) is 60.7 Å². The molecule has 0 saturated carbocycles. The summed E-state index contributed by atoms with van der Waals surface area (Å²) in [6, 6.07) is 20.9. The van der Waals surface area contributed by atoms with Gasteiger partial charge in [0, 0.05) is 13.5 Å². The molecule has 0 unspecified atom stereocenters. The van der Waals surface area contributed by atoms with Gasteiger partial charge in [-0.25, -0.2) is 0 Å². The summed E-state index contributed by atoms with van der Waals surface area (Å²) in [6.07, 6.45) is 2.06. The maximum atomic E-state index is 11.2. The first kappa shape index (κ1) is 17.4. The van der Waals surface area contributed by atoms with Crippen molar-refractivity contribution in [1.29, 1.82) is 0 Å². The number of nitrogens with zero attached hydrogens (tertiary/aromatic N) is 1. The molecule has 0 radical (unpaired) electrons. The fourth-order valence-corrected chi connectivity index (χ4v) is 3.60. The lowest BCUT2D eigenvalue weighted by Crippen LogP contribution is -2.32. The Bertz CT molecular complexity index is 967. The van der Waals surface area contributed by atoms with Gasteiger partial charge >= 0.3 is 5.97 Å². The first-order valence-corrected chi connectivity index (χ1v) is 9.31. The van der Waals surface area contributed by atoms with Gasteiger partial charge in [0.1, 0.15) is 12.4 Å². The molecule has 0 aliphatic carbocycles. The van der Waals surface area contributed by atoms with Crippen LogP contribution in [-0.4, -0.2) is 19.2 Å². The first-order chi connectivity index (χ1) is 13.2. The molecular formula is C23H23NO3. The number of benzene rings is 3. The van der Waals surface area contributed by atoms with Crippen LogP contribution in [0.1, 0.15) is 24.5 Å². The predicted molar refractivity (Wildman–Crippen MR) is 107 cm³/mol. The second-order valence-corrected chi connectivity index (χ2v) is 6.87. The van der Waals surface area contributed by atoms with Crippen LogP contribution in [0, 0.1) is 0 Å². The van der Waals surface area contributed by atoms with E-state index < -0.39 is 0 Å². The fraction of sp³-hybridized carbons (Fsp3) is 0.261. The number of para-hydroxylation sites is 1. The van der Waals surface area contributed by atoms with E-state index in [-0.39, 0.29) is 12.7 Å². The molecular weight excluding hydrogens is 338 g/mol. The van der Waals surface area contributed by atoms with E-state index in [0.717, 1.165) is 36.4 Å². The topological polar surface area (TPSA) is 38.8 Å². The molecule has 3 aromatic carbocycles. The van der Waals surface area contributed by atoms with Crippen molar-refractivity contribution >= 4 is 22.4 Å². The third-order valence-electron chi connectivity index (χ3n) is 4.90. The maximum absolute atomic E-state index is 11.2. The van der Waals surface area contributed by atoms with Gasteiger partial charge in [-0.3, -0.25) is 4.79 Å². The Morgan fingerprint density at radius 3 is 2.74 bits per heavy atom. The molecule has 4 nitrogen and oxygen atoms in total. The molecule has 0 amide bonds. The second-order valence-electron chi connectivity index (χ2n) is 6.87. The molecule has 3 aromatic rings. The van der Waals surface area contributed by atoms with Crippen molar-refractivity contribution in [1.82, 2.24) is 0 Å². The van der Waals surface area contributed by atoms with Crippen molar-refractivity contribution in [3.63, 3.8) is 0 Å². The minimum atomic E-state index is -0.267. The van der Waals surface area contributed by atoms with Crippen molar-refractivity contribution < 1.29 is 14.3 Å². The normalized spacial score (nSPS) is 13.3. The number of rotatable bonds is 5. The van der Waals surface area contributed by atoms with E-state index in [1.165, 1.54) is 23.3 Å². The van der Waals surface area contributed by atoms with Crippen LogP contribution in [0.4, 0.5) is 5.69 Å². The summed E-state index contributed by atoms with van der Waals surface area (Å²) < 4.78 is 11.4. The summed E-state index contributed by atoms with van der Waals surface area (Å²) in [7, 11) is 0. The minimum Gasteiger partial charge on any atom is -0.487 e.